The summed E-state index contributed by atoms with van der Waals surface area (Å²) in [6.45, 7) is 20.0. The van der Waals surface area contributed by atoms with E-state index in [9.17, 15) is 0 Å². The highest BCUT2D eigenvalue weighted by Gasteiger charge is 2.24. The van der Waals surface area contributed by atoms with Crippen molar-refractivity contribution in [1.82, 2.24) is 15.1 Å². The van der Waals surface area contributed by atoms with E-state index < -0.39 is 0 Å². The predicted octanol–water partition coefficient (Wildman–Crippen LogP) is 4.23. The normalized spacial score (nSPS) is 21.8. The van der Waals surface area contributed by atoms with E-state index in [1.165, 1.54) is 77.8 Å². The first-order valence-corrected chi connectivity index (χ1v) is 10.9. The highest BCUT2D eigenvalue weighted by Crippen LogP contribution is 2.21. The summed E-state index contributed by atoms with van der Waals surface area (Å²) in [5.41, 5.74) is 0. The molecular formula is C21H45N3. The van der Waals surface area contributed by atoms with Gasteiger partial charge < -0.3 is 15.1 Å². The van der Waals surface area contributed by atoms with E-state index in [-0.39, 0.29) is 0 Å². The number of hydrogen-bond donors (Lipinski definition) is 1. The molecule has 0 amide bonds. The lowest BCUT2D eigenvalue weighted by atomic mass is 9.94. The first kappa shape index (κ1) is 21.9. The summed E-state index contributed by atoms with van der Waals surface area (Å²) in [5, 5.41) is 3.61. The minimum Gasteiger partial charge on any atom is -0.314 e. The molecule has 0 aromatic heterocycles. The molecule has 0 aromatic rings. The first-order chi connectivity index (χ1) is 11.7. The van der Waals surface area contributed by atoms with Crippen LogP contribution in [0.2, 0.25) is 0 Å². The summed E-state index contributed by atoms with van der Waals surface area (Å²) in [6.07, 6.45) is 8.33. The fraction of sp³-hybridized carbons (Fsp3) is 1.00. The smallest absolute Gasteiger partial charge is 0.00912 e. The van der Waals surface area contributed by atoms with Crippen molar-refractivity contribution in [3.05, 3.63) is 0 Å². The van der Waals surface area contributed by atoms with Crippen LogP contribution in [0.4, 0.5) is 0 Å². The molecule has 3 heteroatoms. The lowest BCUT2D eigenvalue weighted by Gasteiger charge is -2.38. The molecule has 0 atom stereocenters. The molecule has 0 spiro atoms. The van der Waals surface area contributed by atoms with Crippen molar-refractivity contribution in [2.24, 2.45) is 11.8 Å². The molecule has 0 aromatic carbocycles. The Bertz CT molecular complexity index is 277. The molecule has 2 aliphatic rings. The van der Waals surface area contributed by atoms with Crippen molar-refractivity contribution in [3.63, 3.8) is 0 Å². The molecule has 1 N–H and O–H groups in total. The second kappa shape index (κ2) is 13.1. The van der Waals surface area contributed by atoms with E-state index in [4.69, 9.17) is 0 Å². The van der Waals surface area contributed by atoms with Crippen LogP contribution in [0.25, 0.3) is 0 Å². The van der Waals surface area contributed by atoms with Gasteiger partial charge in [0.1, 0.15) is 0 Å². The Kier molecular flexibility index (Phi) is 12.0. The van der Waals surface area contributed by atoms with Crippen LogP contribution in [0.1, 0.15) is 73.1 Å². The molecule has 3 nitrogen and oxygen atoms in total. The van der Waals surface area contributed by atoms with E-state index in [0.717, 1.165) is 24.4 Å². The minimum atomic E-state index is 0.782. The number of nitrogens with zero attached hydrogens (tertiary/aromatic N) is 2. The van der Waals surface area contributed by atoms with Gasteiger partial charge in [0.2, 0.25) is 0 Å². The molecule has 2 saturated heterocycles. The Labute approximate surface area is 152 Å². The fourth-order valence-corrected chi connectivity index (χ4v) is 4.09. The second-order valence-electron chi connectivity index (χ2n) is 7.95. The van der Waals surface area contributed by atoms with Crippen LogP contribution in [0.3, 0.4) is 0 Å². The third kappa shape index (κ3) is 8.82. The Morgan fingerprint density at radius 2 is 1.50 bits per heavy atom. The number of rotatable bonds is 8. The molecule has 0 unspecified atom stereocenters. The summed E-state index contributed by atoms with van der Waals surface area (Å²) in [7, 11) is 0. The summed E-state index contributed by atoms with van der Waals surface area (Å²) in [6, 6.07) is 0.782. The average molecular weight is 340 g/mol. The van der Waals surface area contributed by atoms with Crippen LogP contribution < -0.4 is 5.32 Å². The standard InChI is InChI=1S/C19H39N3.C2H6/c1-4-20-19-9-14-22(15-10-19)16-18-7-12-21(13-8-18)11-5-6-17(2)3;1-2/h17-20H,4-16H2,1-3H3;1-2H3. The maximum absolute atomic E-state index is 3.61. The molecule has 2 fully saturated rings. The zero-order chi connectivity index (χ0) is 17.8. The lowest BCUT2D eigenvalue weighted by molar-refractivity contribution is 0.122. The van der Waals surface area contributed by atoms with E-state index in [1.807, 2.05) is 13.8 Å². The topological polar surface area (TPSA) is 18.5 Å². The van der Waals surface area contributed by atoms with Crippen molar-refractivity contribution in [2.45, 2.75) is 79.2 Å². The zero-order valence-corrected chi connectivity index (χ0v) is 17.3. The number of nitrogens with one attached hydrogen (secondary N) is 1. The van der Waals surface area contributed by atoms with Crippen LogP contribution in [0, 0.1) is 11.8 Å². The summed E-state index contributed by atoms with van der Waals surface area (Å²) in [5.74, 6) is 1.82. The third-order valence-corrected chi connectivity index (χ3v) is 5.56. The zero-order valence-electron chi connectivity index (χ0n) is 17.3. The number of likely N-dealkylation sites (tertiary alicyclic amines) is 2. The number of hydrogen-bond acceptors (Lipinski definition) is 3. The third-order valence-electron chi connectivity index (χ3n) is 5.56. The van der Waals surface area contributed by atoms with Crippen molar-refractivity contribution < 1.29 is 0 Å². The van der Waals surface area contributed by atoms with Crippen molar-refractivity contribution in [3.8, 4) is 0 Å². The van der Waals surface area contributed by atoms with E-state index in [2.05, 4.69) is 35.9 Å². The maximum atomic E-state index is 3.61. The Hall–Kier alpha value is -0.120. The van der Waals surface area contributed by atoms with Crippen LogP contribution in [-0.2, 0) is 0 Å². The van der Waals surface area contributed by atoms with E-state index in [0.29, 0.717) is 0 Å². The monoisotopic (exact) mass is 339 g/mol. The molecule has 0 bridgehead atoms. The molecule has 2 rings (SSSR count). The first-order valence-electron chi connectivity index (χ1n) is 10.9. The van der Waals surface area contributed by atoms with Gasteiger partial charge in [-0.1, -0.05) is 34.6 Å². The van der Waals surface area contributed by atoms with Crippen molar-refractivity contribution in [2.75, 3.05) is 45.8 Å². The Morgan fingerprint density at radius 3 is 2.04 bits per heavy atom. The molecule has 0 aliphatic carbocycles. The Balaban J connectivity index is 0.00000139. The van der Waals surface area contributed by atoms with Crippen LogP contribution >= 0.6 is 0 Å². The van der Waals surface area contributed by atoms with Gasteiger partial charge in [0.25, 0.3) is 0 Å². The lowest BCUT2D eigenvalue weighted by Crippen LogP contribution is -2.45. The fourth-order valence-electron chi connectivity index (χ4n) is 4.09. The SMILES string of the molecule is CC.CCNC1CCN(CC2CCN(CCCC(C)C)CC2)CC1. The Morgan fingerprint density at radius 1 is 0.917 bits per heavy atom. The summed E-state index contributed by atoms with van der Waals surface area (Å²) in [4.78, 5) is 5.43. The molecular weight excluding hydrogens is 294 g/mol. The molecule has 144 valence electrons. The molecule has 2 heterocycles. The van der Waals surface area contributed by atoms with Gasteiger partial charge in [-0.15, -0.1) is 0 Å². The average Bonchev–Trinajstić information content (AvgIpc) is 2.60. The largest absolute Gasteiger partial charge is 0.314 e. The van der Waals surface area contributed by atoms with Gasteiger partial charge in [-0.05, 0) is 89.6 Å². The van der Waals surface area contributed by atoms with Gasteiger partial charge in [-0.2, -0.15) is 0 Å². The predicted molar refractivity (Wildman–Crippen MR) is 108 cm³/mol. The van der Waals surface area contributed by atoms with Crippen LogP contribution in [0.15, 0.2) is 0 Å². The molecule has 2 aliphatic heterocycles. The van der Waals surface area contributed by atoms with Crippen molar-refractivity contribution >= 4 is 0 Å². The van der Waals surface area contributed by atoms with Crippen molar-refractivity contribution in [1.29, 1.82) is 0 Å². The van der Waals surface area contributed by atoms with Gasteiger partial charge in [0.05, 0.1) is 0 Å². The summed E-state index contributed by atoms with van der Waals surface area (Å²) >= 11 is 0. The second-order valence-corrected chi connectivity index (χ2v) is 7.95. The summed E-state index contributed by atoms with van der Waals surface area (Å²) < 4.78 is 0. The van der Waals surface area contributed by atoms with Gasteiger partial charge >= 0.3 is 0 Å². The number of piperidine rings is 2. The highest BCUT2D eigenvalue weighted by atomic mass is 15.2. The molecule has 0 saturated carbocycles. The van der Waals surface area contributed by atoms with Gasteiger partial charge in [-0.25, -0.2) is 0 Å². The minimum absolute atomic E-state index is 0.782. The van der Waals surface area contributed by atoms with Crippen LogP contribution in [-0.4, -0.2) is 61.7 Å². The highest BCUT2D eigenvalue weighted by molar-refractivity contribution is 4.80. The molecule has 0 radical (unpaired) electrons. The van der Waals surface area contributed by atoms with Gasteiger partial charge in [0.15, 0.2) is 0 Å². The van der Waals surface area contributed by atoms with E-state index in [1.54, 1.807) is 0 Å². The quantitative estimate of drug-likeness (QED) is 0.714. The maximum Gasteiger partial charge on any atom is 0.00912 e. The van der Waals surface area contributed by atoms with E-state index >= 15 is 0 Å². The van der Waals surface area contributed by atoms with Gasteiger partial charge in [-0.3, -0.25) is 0 Å². The van der Waals surface area contributed by atoms with Gasteiger partial charge in [0, 0.05) is 12.6 Å². The van der Waals surface area contributed by atoms with Crippen LogP contribution in [0.5, 0.6) is 0 Å². The molecule has 24 heavy (non-hydrogen) atoms.